The molecule has 0 saturated heterocycles. The lowest BCUT2D eigenvalue weighted by Gasteiger charge is -2.16. The first-order chi connectivity index (χ1) is 7.61. The molecular weight excluding hydrogens is 198 g/mol. The molecule has 0 saturated carbocycles. The van der Waals surface area contributed by atoms with Crippen LogP contribution in [-0.4, -0.2) is 36.1 Å². The van der Waals surface area contributed by atoms with Crippen LogP contribution in [0.25, 0.3) is 0 Å². The van der Waals surface area contributed by atoms with Crippen LogP contribution in [0.15, 0.2) is 18.5 Å². The lowest BCUT2D eigenvalue weighted by molar-refractivity contribution is 0.365. The van der Waals surface area contributed by atoms with Gasteiger partial charge in [-0.3, -0.25) is 0 Å². The Bertz CT molecular complexity index is 291. The average molecular weight is 223 g/mol. The monoisotopic (exact) mass is 223 g/mol. The normalized spacial score (nSPS) is 13.3. The Balaban J connectivity index is 2.23. The van der Waals surface area contributed by atoms with Gasteiger partial charge in [-0.05, 0) is 52.5 Å². The summed E-state index contributed by atoms with van der Waals surface area (Å²) in [7, 11) is 4.24. The maximum atomic E-state index is 3.55. The van der Waals surface area contributed by atoms with Crippen LogP contribution in [0.1, 0.15) is 25.8 Å². The molecule has 0 bridgehead atoms. The fraction of sp³-hybridized carbons (Fsp3) is 0.692. The van der Waals surface area contributed by atoms with E-state index in [4.69, 9.17) is 0 Å². The zero-order chi connectivity index (χ0) is 12.0. The van der Waals surface area contributed by atoms with Crippen LogP contribution in [0.4, 0.5) is 0 Å². The summed E-state index contributed by atoms with van der Waals surface area (Å²) < 4.78 is 2.21. The van der Waals surface area contributed by atoms with E-state index in [1.165, 1.54) is 12.0 Å². The molecule has 0 aromatic carbocycles. The van der Waals surface area contributed by atoms with E-state index in [0.29, 0.717) is 6.04 Å². The van der Waals surface area contributed by atoms with E-state index >= 15 is 0 Å². The summed E-state index contributed by atoms with van der Waals surface area (Å²) in [6.07, 6.45) is 5.55. The number of aryl methyl sites for hydroxylation is 1. The second-order valence-corrected chi connectivity index (χ2v) is 4.72. The number of nitrogens with one attached hydrogen (secondary N) is 1. The van der Waals surface area contributed by atoms with Crippen LogP contribution < -0.4 is 5.32 Å². The minimum Gasteiger partial charge on any atom is -0.354 e. The zero-order valence-electron chi connectivity index (χ0n) is 11.0. The summed E-state index contributed by atoms with van der Waals surface area (Å²) in [5, 5.41) is 3.55. The summed E-state index contributed by atoms with van der Waals surface area (Å²) in [5.74, 6) is 0. The summed E-state index contributed by atoms with van der Waals surface area (Å²) in [4.78, 5) is 2.23. The van der Waals surface area contributed by atoms with Crippen LogP contribution in [0, 0.1) is 0 Å². The van der Waals surface area contributed by atoms with Gasteiger partial charge in [-0.1, -0.05) is 0 Å². The Kier molecular flexibility index (Phi) is 5.56. The average Bonchev–Trinajstić information content (AvgIpc) is 2.71. The molecule has 0 aliphatic carbocycles. The van der Waals surface area contributed by atoms with Gasteiger partial charge in [0.1, 0.15) is 0 Å². The van der Waals surface area contributed by atoms with Crippen molar-refractivity contribution < 1.29 is 0 Å². The van der Waals surface area contributed by atoms with Crippen molar-refractivity contribution in [3.63, 3.8) is 0 Å². The Morgan fingerprint density at radius 3 is 2.75 bits per heavy atom. The first kappa shape index (κ1) is 13.3. The molecule has 0 aliphatic heterocycles. The fourth-order valence-electron chi connectivity index (χ4n) is 1.64. The number of hydrogen-bond donors (Lipinski definition) is 1. The van der Waals surface area contributed by atoms with Crippen LogP contribution in [0.2, 0.25) is 0 Å². The van der Waals surface area contributed by atoms with E-state index in [9.17, 15) is 0 Å². The summed E-state index contributed by atoms with van der Waals surface area (Å²) in [6, 6.07) is 2.77. The SMILES string of the molecule is CCn1ccc(CNC(C)CCN(C)C)c1. The van der Waals surface area contributed by atoms with Crippen molar-refractivity contribution in [3.05, 3.63) is 24.0 Å². The molecule has 3 nitrogen and oxygen atoms in total. The molecule has 92 valence electrons. The highest BCUT2D eigenvalue weighted by molar-refractivity contribution is 5.09. The molecule has 1 unspecified atom stereocenters. The van der Waals surface area contributed by atoms with Gasteiger partial charge in [0.2, 0.25) is 0 Å². The number of hydrogen-bond acceptors (Lipinski definition) is 2. The molecule has 0 aliphatic rings. The van der Waals surface area contributed by atoms with E-state index in [1.54, 1.807) is 0 Å². The Morgan fingerprint density at radius 2 is 2.19 bits per heavy atom. The molecule has 0 amide bonds. The van der Waals surface area contributed by atoms with E-state index in [2.05, 4.69) is 61.2 Å². The van der Waals surface area contributed by atoms with Crippen LogP contribution in [0.5, 0.6) is 0 Å². The molecule has 1 rings (SSSR count). The first-order valence-electron chi connectivity index (χ1n) is 6.14. The van der Waals surface area contributed by atoms with E-state index in [0.717, 1.165) is 19.6 Å². The highest BCUT2D eigenvalue weighted by Gasteiger charge is 2.02. The predicted octanol–water partition coefficient (Wildman–Crippen LogP) is 1.94. The number of nitrogens with zero attached hydrogens (tertiary/aromatic N) is 2. The third kappa shape index (κ3) is 4.81. The topological polar surface area (TPSA) is 20.2 Å². The van der Waals surface area contributed by atoms with E-state index < -0.39 is 0 Å². The second kappa shape index (κ2) is 6.71. The summed E-state index contributed by atoms with van der Waals surface area (Å²) in [5.41, 5.74) is 1.37. The van der Waals surface area contributed by atoms with E-state index in [-0.39, 0.29) is 0 Å². The van der Waals surface area contributed by atoms with E-state index in [1.807, 2.05) is 0 Å². The molecule has 1 aromatic rings. The molecule has 0 spiro atoms. The standard InChI is InChI=1S/C13H25N3/c1-5-16-9-7-13(11-16)10-14-12(2)6-8-15(3)4/h7,9,11-12,14H,5-6,8,10H2,1-4H3. The molecule has 3 heteroatoms. The molecule has 16 heavy (non-hydrogen) atoms. The Morgan fingerprint density at radius 1 is 1.44 bits per heavy atom. The molecule has 1 N–H and O–H groups in total. The fourth-order valence-corrected chi connectivity index (χ4v) is 1.64. The Labute approximate surface area is 99.4 Å². The maximum absolute atomic E-state index is 3.55. The smallest absolute Gasteiger partial charge is 0.0223 e. The van der Waals surface area contributed by atoms with Crippen molar-refractivity contribution in [3.8, 4) is 0 Å². The largest absolute Gasteiger partial charge is 0.354 e. The highest BCUT2D eigenvalue weighted by Crippen LogP contribution is 2.02. The van der Waals surface area contributed by atoms with Gasteiger partial charge < -0.3 is 14.8 Å². The van der Waals surface area contributed by atoms with Gasteiger partial charge in [-0.15, -0.1) is 0 Å². The third-order valence-corrected chi connectivity index (χ3v) is 2.84. The first-order valence-corrected chi connectivity index (χ1v) is 6.14. The third-order valence-electron chi connectivity index (χ3n) is 2.84. The highest BCUT2D eigenvalue weighted by atomic mass is 15.1. The lowest BCUT2D eigenvalue weighted by Crippen LogP contribution is -2.29. The molecule has 1 aromatic heterocycles. The van der Waals surface area contributed by atoms with Crippen molar-refractivity contribution in [1.82, 2.24) is 14.8 Å². The predicted molar refractivity (Wildman–Crippen MR) is 69.6 cm³/mol. The van der Waals surface area contributed by atoms with Crippen molar-refractivity contribution in [2.24, 2.45) is 0 Å². The number of rotatable bonds is 7. The minimum absolute atomic E-state index is 0.576. The Hall–Kier alpha value is -0.800. The van der Waals surface area contributed by atoms with Crippen molar-refractivity contribution in [2.75, 3.05) is 20.6 Å². The molecule has 1 atom stereocenters. The van der Waals surface area contributed by atoms with Gasteiger partial charge in [-0.2, -0.15) is 0 Å². The van der Waals surface area contributed by atoms with Crippen LogP contribution in [0.3, 0.4) is 0 Å². The molecule has 1 heterocycles. The maximum Gasteiger partial charge on any atom is 0.0223 e. The summed E-state index contributed by atoms with van der Waals surface area (Å²) >= 11 is 0. The quantitative estimate of drug-likeness (QED) is 0.762. The van der Waals surface area contributed by atoms with Crippen molar-refractivity contribution in [2.45, 2.75) is 39.4 Å². The minimum atomic E-state index is 0.576. The van der Waals surface area contributed by atoms with Gasteiger partial charge in [0.15, 0.2) is 0 Å². The van der Waals surface area contributed by atoms with Gasteiger partial charge in [-0.25, -0.2) is 0 Å². The zero-order valence-corrected chi connectivity index (χ0v) is 11.0. The van der Waals surface area contributed by atoms with Crippen LogP contribution >= 0.6 is 0 Å². The van der Waals surface area contributed by atoms with Crippen LogP contribution in [-0.2, 0) is 13.1 Å². The molecular formula is C13H25N3. The van der Waals surface area contributed by atoms with Gasteiger partial charge in [0, 0.05) is 31.5 Å². The second-order valence-electron chi connectivity index (χ2n) is 4.72. The summed E-state index contributed by atoms with van der Waals surface area (Å²) in [6.45, 7) is 7.58. The lowest BCUT2D eigenvalue weighted by atomic mass is 10.2. The van der Waals surface area contributed by atoms with Crippen molar-refractivity contribution in [1.29, 1.82) is 0 Å². The van der Waals surface area contributed by atoms with Gasteiger partial charge in [0.05, 0.1) is 0 Å². The molecule has 0 radical (unpaired) electrons. The van der Waals surface area contributed by atoms with Crippen molar-refractivity contribution >= 4 is 0 Å². The number of aromatic nitrogens is 1. The molecule has 0 fully saturated rings. The van der Waals surface area contributed by atoms with Gasteiger partial charge >= 0.3 is 0 Å². The van der Waals surface area contributed by atoms with Gasteiger partial charge in [0.25, 0.3) is 0 Å².